The molecule has 0 saturated carbocycles. The van der Waals surface area contributed by atoms with E-state index in [0.717, 1.165) is 23.3 Å². The standard InChI is InChI=1S/C12H21BrN4O2/c1-3-4-14-12-15-9-10(13)11(16-12)17(5-7-18)6-8-19-2/h9,18H,3-8H2,1-2H3,(H,14,15,16). The molecule has 1 aromatic rings. The summed E-state index contributed by atoms with van der Waals surface area (Å²) in [7, 11) is 1.65. The number of aliphatic hydroxyl groups excluding tert-OH is 1. The van der Waals surface area contributed by atoms with Crippen molar-refractivity contribution in [2.45, 2.75) is 13.3 Å². The maximum atomic E-state index is 9.14. The van der Waals surface area contributed by atoms with Gasteiger partial charge >= 0.3 is 0 Å². The highest BCUT2D eigenvalue weighted by atomic mass is 79.9. The number of aromatic nitrogens is 2. The smallest absolute Gasteiger partial charge is 0.224 e. The molecule has 0 radical (unpaired) electrons. The summed E-state index contributed by atoms with van der Waals surface area (Å²) < 4.78 is 5.88. The highest BCUT2D eigenvalue weighted by Gasteiger charge is 2.13. The van der Waals surface area contributed by atoms with E-state index < -0.39 is 0 Å². The van der Waals surface area contributed by atoms with E-state index in [-0.39, 0.29) is 6.61 Å². The molecule has 108 valence electrons. The first-order chi connectivity index (χ1) is 9.22. The van der Waals surface area contributed by atoms with E-state index in [0.29, 0.717) is 25.6 Å². The molecule has 1 heterocycles. The highest BCUT2D eigenvalue weighted by molar-refractivity contribution is 9.10. The third-order valence-electron chi connectivity index (χ3n) is 2.49. The first-order valence-electron chi connectivity index (χ1n) is 6.34. The minimum Gasteiger partial charge on any atom is -0.395 e. The van der Waals surface area contributed by atoms with E-state index in [1.807, 2.05) is 4.90 Å². The van der Waals surface area contributed by atoms with E-state index in [1.54, 1.807) is 13.3 Å². The summed E-state index contributed by atoms with van der Waals surface area (Å²) >= 11 is 3.44. The summed E-state index contributed by atoms with van der Waals surface area (Å²) in [6, 6.07) is 0. The van der Waals surface area contributed by atoms with Crippen LogP contribution in [-0.2, 0) is 4.74 Å². The second kappa shape index (κ2) is 9.06. The summed E-state index contributed by atoms with van der Waals surface area (Å²) in [6.45, 7) is 4.74. The maximum Gasteiger partial charge on any atom is 0.224 e. The van der Waals surface area contributed by atoms with Crippen molar-refractivity contribution in [2.24, 2.45) is 0 Å². The Morgan fingerprint density at radius 3 is 2.89 bits per heavy atom. The number of methoxy groups -OCH3 is 1. The van der Waals surface area contributed by atoms with Gasteiger partial charge in [0.1, 0.15) is 5.82 Å². The van der Waals surface area contributed by atoms with Gasteiger partial charge in [-0.1, -0.05) is 6.92 Å². The first kappa shape index (κ1) is 16.1. The summed E-state index contributed by atoms with van der Waals surface area (Å²) in [5, 5.41) is 12.3. The van der Waals surface area contributed by atoms with Crippen LogP contribution in [0, 0.1) is 0 Å². The largest absolute Gasteiger partial charge is 0.395 e. The van der Waals surface area contributed by atoms with Gasteiger partial charge in [-0.25, -0.2) is 4.98 Å². The van der Waals surface area contributed by atoms with Crippen LogP contribution in [0.15, 0.2) is 10.7 Å². The Hall–Kier alpha value is -0.920. The fraction of sp³-hybridized carbons (Fsp3) is 0.667. The third kappa shape index (κ3) is 5.30. The van der Waals surface area contributed by atoms with Gasteiger partial charge in [0.05, 0.1) is 17.7 Å². The molecule has 0 amide bonds. The maximum absolute atomic E-state index is 9.14. The molecule has 0 bridgehead atoms. The zero-order valence-corrected chi connectivity index (χ0v) is 13.0. The van der Waals surface area contributed by atoms with Crippen molar-refractivity contribution >= 4 is 27.7 Å². The minimum atomic E-state index is 0.0673. The Bertz CT molecular complexity index is 379. The van der Waals surface area contributed by atoms with Crippen molar-refractivity contribution in [3.8, 4) is 0 Å². The van der Waals surface area contributed by atoms with Crippen LogP contribution in [0.25, 0.3) is 0 Å². The molecular weight excluding hydrogens is 312 g/mol. The summed E-state index contributed by atoms with van der Waals surface area (Å²) in [6.07, 6.45) is 2.73. The summed E-state index contributed by atoms with van der Waals surface area (Å²) in [5.74, 6) is 1.36. The Balaban J connectivity index is 2.86. The molecule has 0 aliphatic carbocycles. The fourth-order valence-corrected chi connectivity index (χ4v) is 1.99. The number of aliphatic hydroxyl groups is 1. The van der Waals surface area contributed by atoms with Crippen LogP contribution in [0.5, 0.6) is 0 Å². The van der Waals surface area contributed by atoms with Gasteiger partial charge in [0.2, 0.25) is 5.95 Å². The Morgan fingerprint density at radius 2 is 2.26 bits per heavy atom. The number of hydrogen-bond donors (Lipinski definition) is 2. The lowest BCUT2D eigenvalue weighted by molar-refractivity contribution is 0.202. The van der Waals surface area contributed by atoms with Crippen LogP contribution in [0.4, 0.5) is 11.8 Å². The number of halogens is 1. The van der Waals surface area contributed by atoms with Crippen LogP contribution in [0.1, 0.15) is 13.3 Å². The minimum absolute atomic E-state index is 0.0673. The lowest BCUT2D eigenvalue weighted by Crippen LogP contribution is -2.31. The first-order valence-corrected chi connectivity index (χ1v) is 7.13. The monoisotopic (exact) mass is 332 g/mol. The number of rotatable bonds is 9. The molecule has 19 heavy (non-hydrogen) atoms. The normalized spacial score (nSPS) is 10.5. The number of nitrogens with zero attached hydrogens (tertiary/aromatic N) is 3. The van der Waals surface area contributed by atoms with Gasteiger partial charge < -0.3 is 20.1 Å². The molecule has 0 aliphatic rings. The van der Waals surface area contributed by atoms with E-state index in [9.17, 15) is 0 Å². The van der Waals surface area contributed by atoms with Crippen molar-refractivity contribution in [1.29, 1.82) is 0 Å². The number of anilines is 2. The van der Waals surface area contributed by atoms with Crippen molar-refractivity contribution in [1.82, 2.24) is 9.97 Å². The van der Waals surface area contributed by atoms with E-state index in [4.69, 9.17) is 9.84 Å². The van der Waals surface area contributed by atoms with Gasteiger partial charge in [-0.2, -0.15) is 4.98 Å². The van der Waals surface area contributed by atoms with Crippen LogP contribution in [0.2, 0.25) is 0 Å². The molecular formula is C12H21BrN4O2. The van der Waals surface area contributed by atoms with E-state index in [2.05, 4.69) is 38.1 Å². The van der Waals surface area contributed by atoms with Crippen molar-refractivity contribution in [3.05, 3.63) is 10.7 Å². The van der Waals surface area contributed by atoms with Crippen LogP contribution in [0.3, 0.4) is 0 Å². The molecule has 0 aromatic carbocycles. The fourth-order valence-electron chi connectivity index (χ4n) is 1.55. The van der Waals surface area contributed by atoms with Gasteiger partial charge in [0.25, 0.3) is 0 Å². The number of ether oxygens (including phenoxy) is 1. The molecule has 0 fully saturated rings. The number of hydrogen-bond acceptors (Lipinski definition) is 6. The SMILES string of the molecule is CCCNc1ncc(Br)c(N(CCO)CCOC)n1. The summed E-state index contributed by atoms with van der Waals surface area (Å²) in [4.78, 5) is 10.6. The molecule has 0 aliphatic heterocycles. The molecule has 1 rings (SSSR count). The van der Waals surface area contributed by atoms with Gasteiger partial charge in [-0.05, 0) is 22.4 Å². The second-order valence-electron chi connectivity index (χ2n) is 4.00. The zero-order chi connectivity index (χ0) is 14.1. The molecule has 0 saturated heterocycles. The van der Waals surface area contributed by atoms with E-state index in [1.165, 1.54) is 0 Å². The topological polar surface area (TPSA) is 70.5 Å². The lowest BCUT2D eigenvalue weighted by atomic mass is 10.4. The average molecular weight is 333 g/mol. The van der Waals surface area contributed by atoms with Gasteiger partial charge in [0, 0.05) is 32.9 Å². The molecule has 2 N–H and O–H groups in total. The molecule has 0 atom stereocenters. The number of nitrogens with one attached hydrogen (secondary N) is 1. The molecule has 6 nitrogen and oxygen atoms in total. The van der Waals surface area contributed by atoms with Gasteiger partial charge in [-0.15, -0.1) is 0 Å². The van der Waals surface area contributed by atoms with E-state index >= 15 is 0 Å². The van der Waals surface area contributed by atoms with Crippen LogP contribution in [-0.4, -0.2) is 55.0 Å². The summed E-state index contributed by atoms with van der Waals surface area (Å²) in [5.41, 5.74) is 0. The third-order valence-corrected chi connectivity index (χ3v) is 3.05. The van der Waals surface area contributed by atoms with Gasteiger partial charge in [-0.3, -0.25) is 0 Å². The molecule has 0 unspecified atom stereocenters. The lowest BCUT2D eigenvalue weighted by Gasteiger charge is -2.23. The Kier molecular flexibility index (Phi) is 7.69. The average Bonchev–Trinajstić information content (AvgIpc) is 2.43. The van der Waals surface area contributed by atoms with Crippen LogP contribution >= 0.6 is 15.9 Å². The van der Waals surface area contributed by atoms with Crippen molar-refractivity contribution < 1.29 is 9.84 Å². The predicted molar refractivity (Wildman–Crippen MR) is 79.7 cm³/mol. The predicted octanol–water partition coefficient (Wildman–Crippen LogP) is 1.51. The highest BCUT2D eigenvalue weighted by Crippen LogP contribution is 2.24. The van der Waals surface area contributed by atoms with Crippen molar-refractivity contribution in [2.75, 3.05) is 50.2 Å². The zero-order valence-electron chi connectivity index (χ0n) is 11.4. The molecule has 1 aromatic heterocycles. The molecule has 7 heteroatoms. The van der Waals surface area contributed by atoms with Gasteiger partial charge in [0.15, 0.2) is 0 Å². The molecule has 0 spiro atoms. The Morgan fingerprint density at radius 1 is 1.47 bits per heavy atom. The Labute approximate surface area is 122 Å². The second-order valence-corrected chi connectivity index (χ2v) is 4.85. The van der Waals surface area contributed by atoms with Crippen LogP contribution < -0.4 is 10.2 Å². The quantitative estimate of drug-likeness (QED) is 0.714. The van der Waals surface area contributed by atoms with Crippen molar-refractivity contribution in [3.63, 3.8) is 0 Å².